The van der Waals surface area contributed by atoms with Crippen LogP contribution in [0.1, 0.15) is 45.4 Å². The molecule has 1 aliphatic rings. The van der Waals surface area contributed by atoms with Crippen LogP contribution in [0.3, 0.4) is 0 Å². The van der Waals surface area contributed by atoms with E-state index in [4.69, 9.17) is 4.74 Å². The van der Waals surface area contributed by atoms with E-state index < -0.39 is 9.84 Å². The summed E-state index contributed by atoms with van der Waals surface area (Å²) in [5.74, 6) is -0.152. The first-order chi connectivity index (χ1) is 11.0. The standard InChI is InChI=1S/C18H24O4S/c1-2-8-18(19)22-17-12-7-6-9-15(17)13-14-23(20,21)16-10-4-3-5-11-16/h3-5,9-11,17H,2,6-8,12-14H2,1H3. The molecule has 0 aliphatic heterocycles. The Balaban J connectivity index is 2.00. The van der Waals surface area contributed by atoms with Crippen molar-refractivity contribution in [3.8, 4) is 0 Å². The van der Waals surface area contributed by atoms with Gasteiger partial charge in [0.2, 0.25) is 0 Å². The lowest BCUT2D eigenvalue weighted by Crippen LogP contribution is -2.24. The van der Waals surface area contributed by atoms with E-state index in [1.165, 1.54) is 0 Å². The van der Waals surface area contributed by atoms with Crippen LogP contribution in [0.4, 0.5) is 0 Å². The Hall–Kier alpha value is -1.62. The Labute approximate surface area is 138 Å². The summed E-state index contributed by atoms with van der Waals surface area (Å²) in [4.78, 5) is 12.1. The number of benzene rings is 1. The fourth-order valence-electron chi connectivity index (χ4n) is 2.72. The number of carbonyl (C=O) groups excluding carboxylic acids is 1. The van der Waals surface area contributed by atoms with Crippen LogP contribution < -0.4 is 0 Å². The topological polar surface area (TPSA) is 60.4 Å². The number of carbonyl (C=O) groups is 1. The van der Waals surface area contributed by atoms with Crippen molar-refractivity contribution < 1.29 is 17.9 Å². The molecule has 0 N–H and O–H groups in total. The first-order valence-electron chi connectivity index (χ1n) is 8.19. The minimum atomic E-state index is -3.30. The van der Waals surface area contributed by atoms with Crippen LogP contribution in [-0.2, 0) is 19.4 Å². The molecule has 0 radical (unpaired) electrons. The molecule has 1 aromatic carbocycles. The highest BCUT2D eigenvalue weighted by molar-refractivity contribution is 7.91. The number of sulfone groups is 1. The maximum atomic E-state index is 12.4. The van der Waals surface area contributed by atoms with Gasteiger partial charge in [-0.05, 0) is 49.8 Å². The van der Waals surface area contributed by atoms with Crippen LogP contribution in [0.25, 0.3) is 0 Å². The summed E-state index contributed by atoms with van der Waals surface area (Å²) in [6.45, 7) is 1.94. The lowest BCUT2D eigenvalue weighted by molar-refractivity contribution is -0.147. The minimum absolute atomic E-state index is 0.0463. The zero-order valence-corrected chi connectivity index (χ0v) is 14.3. The smallest absolute Gasteiger partial charge is 0.306 e. The summed E-state index contributed by atoms with van der Waals surface area (Å²) in [7, 11) is -3.30. The van der Waals surface area contributed by atoms with Gasteiger partial charge in [-0.15, -0.1) is 0 Å². The monoisotopic (exact) mass is 336 g/mol. The summed E-state index contributed by atoms with van der Waals surface area (Å²) in [5.41, 5.74) is 0.945. The van der Waals surface area contributed by atoms with Gasteiger partial charge in [0.05, 0.1) is 10.6 Å². The molecule has 2 rings (SSSR count). The van der Waals surface area contributed by atoms with Crippen LogP contribution in [0.2, 0.25) is 0 Å². The SMILES string of the molecule is CCCC(=O)OC1CCCC=C1CCS(=O)(=O)c1ccccc1. The number of hydrogen-bond acceptors (Lipinski definition) is 4. The maximum absolute atomic E-state index is 12.4. The summed E-state index contributed by atoms with van der Waals surface area (Å²) < 4.78 is 30.3. The van der Waals surface area contributed by atoms with Gasteiger partial charge in [0, 0.05) is 6.42 Å². The van der Waals surface area contributed by atoms with E-state index in [2.05, 4.69) is 0 Å². The van der Waals surface area contributed by atoms with E-state index in [0.29, 0.717) is 17.7 Å². The van der Waals surface area contributed by atoms with Crippen LogP contribution in [0.15, 0.2) is 46.9 Å². The molecular weight excluding hydrogens is 312 g/mol. The summed E-state index contributed by atoms with van der Waals surface area (Å²) in [5, 5.41) is 0. The number of allylic oxidation sites excluding steroid dienone is 1. The highest BCUT2D eigenvalue weighted by atomic mass is 32.2. The molecule has 1 aliphatic carbocycles. The lowest BCUT2D eigenvalue weighted by Gasteiger charge is -2.24. The van der Waals surface area contributed by atoms with Crippen molar-refractivity contribution in [1.82, 2.24) is 0 Å². The third kappa shape index (κ3) is 5.20. The van der Waals surface area contributed by atoms with E-state index in [9.17, 15) is 13.2 Å². The molecule has 0 heterocycles. The van der Waals surface area contributed by atoms with Crippen molar-refractivity contribution in [1.29, 1.82) is 0 Å². The van der Waals surface area contributed by atoms with Crippen molar-refractivity contribution in [2.45, 2.75) is 56.4 Å². The molecule has 23 heavy (non-hydrogen) atoms. The van der Waals surface area contributed by atoms with Gasteiger partial charge in [-0.2, -0.15) is 0 Å². The van der Waals surface area contributed by atoms with Crippen molar-refractivity contribution in [2.24, 2.45) is 0 Å². The zero-order chi connectivity index (χ0) is 16.7. The fourth-order valence-corrected chi connectivity index (χ4v) is 4.04. The Morgan fingerprint density at radius 3 is 2.70 bits per heavy atom. The predicted octanol–water partition coefficient (Wildman–Crippen LogP) is 3.67. The second-order valence-corrected chi connectivity index (χ2v) is 7.93. The largest absolute Gasteiger partial charge is 0.458 e. The quantitative estimate of drug-likeness (QED) is 0.563. The maximum Gasteiger partial charge on any atom is 0.306 e. The van der Waals surface area contributed by atoms with Crippen LogP contribution in [0, 0.1) is 0 Å². The number of ether oxygens (including phenoxy) is 1. The molecule has 0 fully saturated rings. The van der Waals surface area contributed by atoms with Gasteiger partial charge < -0.3 is 4.74 Å². The van der Waals surface area contributed by atoms with E-state index in [-0.39, 0.29) is 17.8 Å². The second kappa shape index (κ2) is 8.29. The fraction of sp³-hybridized carbons (Fsp3) is 0.500. The molecule has 1 aromatic rings. The van der Waals surface area contributed by atoms with E-state index in [0.717, 1.165) is 31.3 Å². The molecule has 1 atom stereocenters. The average molecular weight is 336 g/mol. The van der Waals surface area contributed by atoms with E-state index in [1.807, 2.05) is 13.0 Å². The van der Waals surface area contributed by atoms with Gasteiger partial charge in [-0.1, -0.05) is 31.2 Å². The number of esters is 1. The third-order valence-electron chi connectivity index (χ3n) is 3.98. The zero-order valence-electron chi connectivity index (χ0n) is 13.5. The van der Waals surface area contributed by atoms with Gasteiger partial charge in [-0.25, -0.2) is 8.42 Å². The normalized spacial score (nSPS) is 18.3. The Bertz CT molecular complexity index is 647. The van der Waals surface area contributed by atoms with Gasteiger partial charge in [0.25, 0.3) is 0 Å². The number of hydrogen-bond donors (Lipinski definition) is 0. The van der Waals surface area contributed by atoms with E-state index in [1.54, 1.807) is 30.3 Å². The van der Waals surface area contributed by atoms with Crippen molar-refractivity contribution in [3.05, 3.63) is 42.0 Å². The molecule has 0 saturated heterocycles. The molecular formula is C18H24O4S. The highest BCUT2D eigenvalue weighted by Crippen LogP contribution is 2.26. The summed E-state index contributed by atoms with van der Waals surface area (Å²) in [6.07, 6.45) is 6.04. The molecule has 1 unspecified atom stereocenters. The molecule has 126 valence electrons. The molecule has 0 spiro atoms. The average Bonchev–Trinajstić information content (AvgIpc) is 2.55. The first kappa shape index (κ1) is 17.7. The van der Waals surface area contributed by atoms with Crippen LogP contribution in [-0.4, -0.2) is 26.2 Å². The summed E-state index contributed by atoms with van der Waals surface area (Å²) in [6, 6.07) is 8.47. The minimum Gasteiger partial charge on any atom is -0.458 e. The van der Waals surface area contributed by atoms with Crippen LogP contribution >= 0.6 is 0 Å². The molecule has 0 aromatic heterocycles. The van der Waals surface area contributed by atoms with Gasteiger partial charge >= 0.3 is 5.97 Å². The molecule has 0 amide bonds. The molecule has 0 saturated carbocycles. The first-order valence-corrected chi connectivity index (χ1v) is 9.84. The Morgan fingerprint density at radius 2 is 2.00 bits per heavy atom. The highest BCUT2D eigenvalue weighted by Gasteiger charge is 2.23. The molecule has 5 heteroatoms. The summed E-state index contributed by atoms with van der Waals surface area (Å²) >= 11 is 0. The van der Waals surface area contributed by atoms with Crippen molar-refractivity contribution in [2.75, 3.05) is 5.75 Å². The van der Waals surface area contributed by atoms with Gasteiger partial charge in [-0.3, -0.25) is 4.79 Å². The Morgan fingerprint density at radius 1 is 1.26 bits per heavy atom. The molecule has 0 bridgehead atoms. The predicted molar refractivity (Wildman–Crippen MR) is 89.8 cm³/mol. The third-order valence-corrected chi connectivity index (χ3v) is 5.71. The number of rotatable bonds is 7. The Kier molecular flexibility index (Phi) is 6.39. The van der Waals surface area contributed by atoms with Crippen molar-refractivity contribution >= 4 is 15.8 Å². The second-order valence-electron chi connectivity index (χ2n) is 5.82. The molecule has 4 nitrogen and oxygen atoms in total. The van der Waals surface area contributed by atoms with Crippen LogP contribution in [0.5, 0.6) is 0 Å². The van der Waals surface area contributed by atoms with Gasteiger partial charge in [0.15, 0.2) is 9.84 Å². The lowest BCUT2D eigenvalue weighted by atomic mass is 9.94. The van der Waals surface area contributed by atoms with Crippen molar-refractivity contribution in [3.63, 3.8) is 0 Å². The van der Waals surface area contributed by atoms with Gasteiger partial charge in [0.1, 0.15) is 6.10 Å². The van der Waals surface area contributed by atoms with E-state index >= 15 is 0 Å².